The topological polar surface area (TPSA) is 107 Å². The second-order valence-electron chi connectivity index (χ2n) is 3.21. The van der Waals surface area contributed by atoms with E-state index in [1.54, 1.807) is 6.92 Å². The minimum absolute atomic E-state index is 0.218. The molecule has 0 heterocycles. The van der Waals surface area contributed by atoms with Crippen molar-refractivity contribution in [2.24, 2.45) is 11.5 Å². The Morgan fingerprint density at radius 3 is 2.43 bits per heavy atom. The Bertz CT molecular complexity index is 214. The normalized spacial score (nSPS) is 14.5. The highest BCUT2D eigenvalue weighted by Crippen LogP contribution is 2.12. The Morgan fingerprint density at radius 2 is 2.07 bits per heavy atom. The van der Waals surface area contributed by atoms with Crippen LogP contribution >= 0.6 is 0 Å². The van der Waals surface area contributed by atoms with Gasteiger partial charge in [-0.2, -0.15) is 0 Å². The van der Waals surface area contributed by atoms with Crippen LogP contribution in [0, 0.1) is 0 Å². The Labute approximate surface area is 83.0 Å². The smallest absolute Gasteiger partial charge is 0.318 e. The fourth-order valence-electron chi connectivity index (χ4n) is 0.719. The first-order chi connectivity index (χ1) is 6.43. The highest BCUT2D eigenvalue weighted by molar-refractivity contribution is 5.94. The zero-order chi connectivity index (χ0) is 11.2. The third-order valence-corrected chi connectivity index (χ3v) is 1.99. The van der Waals surface area contributed by atoms with Crippen LogP contribution in [0.4, 0.5) is 4.79 Å². The summed E-state index contributed by atoms with van der Waals surface area (Å²) in [6, 6.07) is -0.885. The minimum atomic E-state index is -0.885. The zero-order valence-corrected chi connectivity index (χ0v) is 8.50. The van der Waals surface area contributed by atoms with Crippen molar-refractivity contribution >= 4 is 11.9 Å². The Balaban J connectivity index is 3.92. The predicted molar refractivity (Wildman–Crippen MR) is 51.4 cm³/mol. The van der Waals surface area contributed by atoms with Gasteiger partial charge in [0.1, 0.15) is 6.61 Å². The molecule has 0 aliphatic heterocycles. The highest BCUT2D eigenvalue weighted by atomic mass is 16.5. The summed E-state index contributed by atoms with van der Waals surface area (Å²) in [4.78, 5) is 21.2. The molecule has 0 saturated heterocycles. The van der Waals surface area contributed by atoms with Gasteiger partial charge < -0.3 is 16.2 Å². The van der Waals surface area contributed by atoms with E-state index in [0.29, 0.717) is 13.0 Å². The number of rotatable bonds is 5. The lowest BCUT2D eigenvalue weighted by Gasteiger charge is -2.26. The molecule has 0 aromatic rings. The predicted octanol–water partition coefficient (Wildman–Crippen LogP) is -0.675. The van der Waals surface area contributed by atoms with Crippen LogP contribution in [-0.2, 0) is 9.53 Å². The first-order valence-electron chi connectivity index (χ1n) is 4.37. The first-order valence-corrected chi connectivity index (χ1v) is 4.37. The van der Waals surface area contributed by atoms with Gasteiger partial charge in [0.15, 0.2) is 0 Å². The largest absolute Gasteiger partial charge is 0.364 e. The molecule has 6 nitrogen and oxygen atoms in total. The van der Waals surface area contributed by atoms with Crippen molar-refractivity contribution in [3.8, 4) is 0 Å². The number of hydrogen-bond acceptors (Lipinski definition) is 4. The molecule has 0 aliphatic carbocycles. The zero-order valence-electron chi connectivity index (χ0n) is 8.50. The number of amides is 3. The molecule has 0 aromatic carbocycles. The monoisotopic (exact) mass is 203 g/mol. The maximum atomic E-state index is 11.0. The van der Waals surface area contributed by atoms with Gasteiger partial charge in [-0.05, 0) is 13.3 Å². The number of carbonyl (C=O) groups is 2. The Hall–Kier alpha value is -1.14. The molecule has 5 N–H and O–H groups in total. The maximum Gasteiger partial charge on any atom is 0.318 e. The van der Waals surface area contributed by atoms with E-state index in [1.165, 1.54) is 0 Å². The molecule has 1 unspecified atom stereocenters. The molecular weight excluding hydrogens is 186 g/mol. The molecular formula is C8H17N3O3. The van der Waals surface area contributed by atoms with E-state index in [9.17, 15) is 9.59 Å². The number of nitrogens with one attached hydrogen (secondary N) is 1. The van der Waals surface area contributed by atoms with Gasteiger partial charge in [0, 0.05) is 6.54 Å². The average Bonchev–Trinajstić information content (AvgIpc) is 2.13. The van der Waals surface area contributed by atoms with Crippen molar-refractivity contribution in [3.05, 3.63) is 0 Å². The maximum absolute atomic E-state index is 11.0. The van der Waals surface area contributed by atoms with Crippen molar-refractivity contribution in [3.63, 3.8) is 0 Å². The van der Waals surface area contributed by atoms with Gasteiger partial charge in [0.05, 0.1) is 5.60 Å². The second kappa shape index (κ2) is 5.56. The Kier molecular flexibility index (Phi) is 5.11. The molecule has 82 valence electrons. The summed E-state index contributed by atoms with van der Waals surface area (Å²) in [5, 5.41) is 1.90. The molecule has 0 fully saturated rings. The summed E-state index contributed by atoms with van der Waals surface area (Å²) in [6.45, 7) is 3.79. The molecule has 3 amide bonds. The highest BCUT2D eigenvalue weighted by Gasteiger charge is 2.21. The van der Waals surface area contributed by atoms with Crippen LogP contribution in [0.2, 0.25) is 0 Å². The molecule has 0 spiro atoms. The number of hydrogen-bond donors (Lipinski definition) is 3. The lowest BCUT2D eigenvalue weighted by atomic mass is 10.0. The summed E-state index contributed by atoms with van der Waals surface area (Å²) in [6.07, 6.45) is 0.688. The van der Waals surface area contributed by atoms with Crippen LogP contribution < -0.4 is 16.8 Å². The Morgan fingerprint density at radius 1 is 1.50 bits per heavy atom. The van der Waals surface area contributed by atoms with E-state index < -0.39 is 17.5 Å². The molecule has 0 saturated carbocycles. The van der Waals surface area contributed by atoms with Crippen LogP contribution in [0.15, 0.2) is 0 Å². The summed E-state index contributed by atoms with van der Waals surface area (Å²) in [5.74, 6) is -0.564. The lowest BCUT2D eigenvalue weighted by molar-refractivity contribution is -0.130. The summed E-state index contributed by atoms with van der Waals surface area (Å²) in [7, 11) is 0. The van der Waals surface area contributed by atoms with E-state index in [0.717, 1.165) is 0 Å². The number of carbonyl (C=O) groups excluding carboxylic acids is 2. The van der Waals surface area contributed by atoms with Gasteiger partial charge in [-0.15, -0.1) is 0 Å². The summed E-state index contributed by atoms with van der Waals surface area (Å²) < 4.78 is 5.25. The van der Waals surface area contributed by atoms with Crippen LogP contribution in [0.25, 0.3) is 0 Å². The molecule has 0 bridgehead atoms. The van der Waals surface area contributed by atoms with Crippen molar-refractivity contribution in [1.29, 1.82) is 0 Å². The minimum Gasteiger partial charge on any atom is -0.364 e. The number of nitrogens with two attached hydrogens (primary N) is 2. The van der Waals surface area contributed by atoms with Gasteiger partial charge in [0.2, 0.25) is 0 Å². The van der Waals surface area contributed by atoms with E-state index in [4.69, 9.17) is 16.2 Å². The fraction of sp³-hybridized carbons (Fsp3) is 0.750. The summed E-state index contributed by atoms with van der Waals surface area (Å²) in [5.41, 5.74) is 9.67. The van der Waals surface area contributed by atoms with Crippen LogP contribution in [0.3, 0.4) is 0 Å². The van der Waals surface area contributed by atoms with Crippen LogP contribution in [0.5, 0.6) is 0 Å². The van der Waals surface area contributed by atoms with Gasteiger partial charge >= 0.3 is 6.03 Å². The van der Waals surface area contributed by atoms with Gasteiger partial charge in [-0.3, -0.25) is 10.1 Å². The van der Waals surface area contributed by atoms with Crippen molar-refractivity contribution in [1.82, 2.24) is 5.32 Å². The van der Waals surface area contributed by atoms with E-state index in [2.05, 4.69) is 0 Å². The number of imide groups is 1. The van der Waals surface area contributed by atoms with Crippen molar-refractivity contribution in [2.45, 2.75) is 25.9 Å². The molecule has 0 radical (unpaired) electrons. The molecule has 1 atom stereocenters. The van der Waals surface area contributed by atoms with Gasteiger partial charge in [0.25, 0.3) is 5.91 Å². The van der Waals surface area contributed by atoms with Gasteiger partial charge in [-0.25, -0.2) is 4.79 Å². The summed E-state index contributed by atoms with van der Waals surface area (Å²) >= 11 is 0. The lowest BCUT2D eigenvalue weighted by Crippen LogP contribution is -2.43. The number of primary amides is 1. The van der Waals surface area contributed by atoms with Crippen molar-refractivity contribution < 1.29 is 14.3 Å². The third-order valence-electron chi connectivity index (χ3n) is 1.99. The quantitative estimate of drug-likeness (QED) is 0.550. The van der Waals surface area contributed by atoms with Crippen molar-refractivity contribution in [2.75, 3.05) is 13.2 Å². The molecule has 6 heteroatoms. The second-order valence-corrected chi connectivity index (χ2v) is 3.21. The first kappa shape index (κ1) is 12.9. The van der Waals surface area contributed by atoms with E-state index in [-0.39, 0.29) is 6.61 Å². The molecule has 0 aromatic heterocycles. The van der Waals surface area contributed by atoms with Gasteiger partial charge in [-0.1, -0.05) is 6.92 Å². The standard InChI is InChI=1S/C8H17N3O3/c1-3-8(2,5-9)14-4-6(12)11-7(10)13/h3-5,9H2,1-2H3,(H3,10,11,12,13). The third kappa shape index (κ3) is 4.78. The molecule has 0 aliphatic rings. The average molecular weight is 203 g/mol. The van der Waals surface area contributed by atoms with E-state index >= 15 is 0 Å². The number of ether oxygens (including phenoxy) is 1. The fourth-order valence-corrected chi connectivity index (χ4v) is 0.719. The molecule has 14 heavy (non-hydrogen) atoms. The number of urea groups is 1. The van der Waals surface area contributed by atoms with E-state index in [1.807, 2.05) is 12.2 Å². The van der Waals surface area contributed by atoms with Crippen LogP contribution in [0.1, 0.15) is 20.3 Å². The SMILES string of the molecule is CCC(C)(CN)OCC(=O)NC(N)=O. The molecule has 0 rings (SSSR count). The van der Waals surface area contributed by atoms with Crippen LogP contribution in [-0.4, -0.2) is 30.7 Å².